The lowest BCUT2D eigenvalue weighted by atomic mass is 10.2. The number of hydrogen-bond acceptors (Lipinski definition) is 4. The summed E-state index contributed by atoms with van der Waals surface area (Å²) in [6.45, 7) is 4.15. The number of aliphatic carboxylic acids is 1. The third-order valence-corrected chi connectivity index (χ3v) is 5.14. The van der Waals surface area contributed by atoms with E-state index in [1.807, 2.05) is 19.1 Å². The average Bonchev–Trinajstić information content (AvgIpc) is 2.75. The second-order valence-corrected chi connectivity index (χ2v) is 7.11. The first-order chi connectivity index (χ1) is 9.43. The van der Waals surface area contributed by atoms with E-state index in [-0.39, 0.29) is 18.4 Å². The van der Waals surface area contributed by atoms with Gasteiger partial charge < -0.3 is 10.0 Å². The van der Waals surface area contributed by atoms with Gasteiger partial charge in [-0.05, 0) is 26.0 Å². The fourth-order valence-electron chi connectivity index (χ4n) is 1.85. The monoisotopic (exact) mass is 335 g/mol. The van der Waals surface area contributed by atoms with Crippen molar-refractivity contribution in [1.29, 1.82) is 0 Å². The zero-order chi connectivity index (χ0) is 15.1. The molecule has 0 aliphatic rings. The second kappa shape index (κ2) is 8.54. The highest BCUT2D eigenvalue weighted by Gasteiger charge is 2.20. The summed E-state index contributed by atoms with van der Waals surface area (Å²) in [7, 11) is 0. The maximum Gasteiger partial charge on any atom is 0.305 e. The average molecular weight is 336 g/mol. The van der Waals surface area contributed by atoms with Gasteiger partial charge in [0.25, 0.3) is 0 Å². The smallest absolute Gasteiger partial charge is 0.305 e. The number of carbonyl (C=O) groups is 2. The molecule has 1 unspecified atom stereocenters. The van der Waals surface area contributed by atoms with Crippen molar-refractivity contribution < 1.29 is 14.7 Å². The van der Waals surface area contributed by atoms with Gasteiger partial charge in [-0.25, -0.2) is 0 Å². The van der Waals surface area contributed by atoms with Crippen molar-refractivity contribution in [3.63, 3.8) is 0 Å². The number of carbonyl (C=O) groups excluding carboxylic acids is 1. The molecule has 0 aliphatic carbocycles. The van der Waals surface area contributed by atoms with Gasteiger partial charge in [0.2, 0.25) is 5.91 Å². The fraction of sp³-hybridized carbons (Fsp3) is 0.538. The molecule has 1 atom stereocenters. The van der Waals surface area contributed by atoms with Gasteiger partial charge in [-0.2, -0.15) is 0 Å². The van der Waals surface area contributed by atoms with Crippen LogP contribution in [0.2, 0.25) is 4.34 Å². The zero-order valence-corrected chi connectivity index (χ0v) is 13.9. The number of nitrogens with zero attached hydrogens (tertiary/aromatic N) is 1. The molecule has 20 heavy (non-hydrogen) atoms. The lowest BCUT2D eigenvalue weighted by Gasteiger charge is -2.26. The molecule has 0 radical (unpaired) electrons. The van der Waals surface area contributed by atoms with E-state index in [9.17, 15) is 9.59 Å². The highest BCUT2D eigenvalue weighted by molar-refractivity contribution is 7.99. The Bertz CT molecular complexity index is 464. The first-order valence-electron chi connectivity index (χ1n) is 6.27. The first kappa shape index (κ1) is 17.3. The molecule has 1 N–H and O–H groups in total. The number of halogens is 1. The van der Waals surface area contributed by atoms with Crippen LogP contribution in [0.4, 0.5) is 0 Å². The predicted octanol–water partition coefficient (Wildman–Crippen LogP) is 3.35. The molecule has 0 saturated carbocycles. The molecule has 0 aromatic carbocycles. The Hall–Kier alpha value is -0.720. The Balaban J connectivity index is 2.41. The Kier molecular flexibility index (Phi) is 7.40. The van der Waals surface area contributed by atoms with E-state index < -0.39 is 5.97 Å². The third kappa shape index (κ3) is 5.73. The summed E-state index contributed by atoms with van der Waals surface area (Å²) in [6.07, 6.45) is -0.0230. The van der Waals surface area contributed by atoms with Gasteiger partial charge in [-0.15, -0.1) is 23.1 Å². The quantitative estimate of drug-likeness (QED) is 0.791. The van der Waals surface area contributed by atoms with Gasteiger partial charge in [0.15, 0.2) is 0 Å². The Morgan fingerprint density at radius 3 is 2.70 bits per heavy atom. The van der Waals surface area contributed by atoms with Crippen LogP contribution >= 0.6 is 34.7 Å². The largest absolute Gasteiger partial charge is 0.481 e. The van der Waals surface area contributed by atoms with E-state index in [4.69, 9.17) is 16.7 Å². The van der Waals surface area contributed by atoms with Gasteiger partial charge in [-0.3, -0.25) is 9.59 Å². The van der Waals surface area contributed by atoms with Crippen molar-refractivity contribution in [2.24, 2.45) is 0 Å². The van der Waals surface area contributed by atoms with E-state index >= 15 is 0 Å². The topological polar surface area (TPSA) is 57.6 Å². The number of thiophene rings is 1. The van der Waals surface area contributed by atoms with Gasteiger partial charge in [0.1, 0.15) is 0 Å². The molecule has 0 aliphatic heterocycles. The second-order valence-electron chi connectivity index (χ2n) is 4.33. The molecule has 0 bridgehead atoms. The predicted molar refractivity (Wildman–Crippen MR) is 84.6 cm³/mol. The van der Waals surface area contributed by atoms with E-state index in [0.29, 0.717) is 12.3 Å². The number of amides is 1. The van der Waals surface area contributed by atoms with Crippen LogP contribution in [0.25, 0.3) is 0 Å². The molecule has 112 valence electrons. The molecule has 0 saturated heterocycles. The maximum absolute atomic E-state index is 12.1. The van der Waals surface area contributed by atoms with Gasteiger partial charge in [0, 0.05) is 23.2 Å². The molecule has 0 spiro atoms. The molecule has 1 aromatic rings. The van der Waals surface area contributed by atoms with Crippen LogP contribution in [0.1, 0.15) is 25.1 Å². The first-order valence-corrected chi connectivity index (χ1v) is 8.62. The normalized spacial score (nSPS) is 12.2. The summed E-state index contributed by atoms with van der Waals surface area (Å²) in [5, 5.41) is 8.78. The number of hydrogen-bond donors (Lipinski definition) is 1. The van der Waals surface area contributed by atoms with Gasteiger partial charge in [0.05, 0.1) is 16.5 Å². The van der Waals surface area contributed by atoms with Crippen molar-refractivity contribution in [3.05, 3.63) is 21.3 Å². The van der Waals surface area contributed by atoms with Crippen molar-refractivity contribution >= 4 is 46.6 Å². The highest BCUT2D eigenvalue weighted by atomic mass is 35.5. The molecular formula is C13H18ClNO3S2. The van der Waals surface area contributed by atoms with E-state index in [0.717, 1.165) is 15.0 Å². The van der Waals surface area contributed by atoms with Crippen molar-refractivity contribution in [2.45, 2.75) is 32.1 Å². The SMILES string of the molecule is CCN(C(=O)CSCc1ccc(Cl)s1)C(C)CC(=O)O. The Morgan fingerprint density at radius 1 is 1.50 bits per heavy atom. The Labute approximate surface area is 132 Å². The van der Waals surface area contributed by atoms with Crippen LogP contribution in [0, 0.1) is 0 Å². The summed E-state index contributed by atoms with van der Waals surface area (Å²) in [6, 6.07) is 3.52. The highest BCUT2D eigenvalue weighted by Crippen LogP contribution is 2.25. The lowest BCUT2D eigenvalue weighted by Crippen LogP contribution is -2.40. The van der Waals surface area contributed by atoms with Crippen LogP contribution in [0.3, 0.4) is 0 Å². The number of carboxylic acid groups (broad SMARTS) is 1. The third-order valence-electron chi connectivity index (χ3n) is 2.76. The van der Waals surface area contributed by atoms with Crippen LogP contribution in [-0.4, -0.2) is 40.2 Å². The minimum Gasteiger partial charge on any atom is -0.481 e. The lowest BCUT2D eigenvalue weighted by molar-refractivity contribution is -0.139. The summed E-state index contributed by atoms with van der Waals surface area (Å²) in [5.41, 5.74) is 0. The van der Waals surface area contributed by atoms with Gasteiger partial charge in [-0.1, -0.05) is 11.6 Å². The van der Waals surface area contributed by atoms with Crippen LogP contribution in [0.5, 0.6) is 0 Å². The molecule has 1 rings (SSSR count). The summed E-state index contributed by atoms with van der Waals surface area (Å²) < 4.78 is 0.747. The van der Waals surface area contributed by atoms with Gasteiger partial charge >= 0.3 is 5.97 Å². The van der Waals surface area contributed by atoms with Crippen molar-refractivity contribution in [1.82, 2.24) is 4.90 Å². The van der Waals surface area contributed by atoms with E-state index in [1.165, 1.54) is 23.1 Å². The standard InChI is InChI=1S/C13H18ClNO3S2/c1-3-15(9(2)6-13(17)18)12(16)8-19-7-10-4-5-11(14)20-10/h4-5,9H,3,6-8H2,1-2H3,(H,17,18). The van der Waals surface area contributed by atoms with Crippen molar-refractivity contribution in [3.8, 4) is 0 Å². The fourth-order valence-corrected chi connectivity index (χ4v) is 3.96. The summed E-state index contributed by atoms with van der Waals surface area (Å²) in [4.78, 5) is 25.5. The molecule has 0 fully saturated rings. The summed E-state index contributed by atoms with van der Waals surface area (Å²) >= 11 is 8.87. The van der Waals surface area contributed by atoms with Crippen LogP contribution < -0.4 is 0 Å². The van der Waals surface area contributed by atoms with E-state index in [2.05, 4.69) is 0 Å². The number of rotatable bonds is 8. The van der Waals surface area contributed by atoms with E-state index in [1.54, 1.807) is 11.8 Å². The molecule has 1 amide bonds. The molecule has 7 heteroatoms. The summed E-state index contributed by atoms with van der Waals surface area (Å²) in [5.74, 6) is 0.194. The molecule has 4 nitrogen and oxygen atoms in total. The molecule has 1 heterocycles. The molecule has 1 aromatic heterocycles. The zero-order valence-electron chi connectivity index (χ0n) is 11.5. The van der Waals surface area contributed by atoms with Crippen LogP contribution in [-0.2, 0) is 15.3 Å². The molecular weight excluding hydrogens is 318 g/mol. The number of thioether (sulfide) groups is 1. The maximum atomic E-state index is 12.1. The minimum atomic E-state index is -0.885. The number of carboxylic acids is 1. The van der Waals surface area contributed by atoms with Crippen LogP contribution in [0.15, 0.2) is 12.1 Å². The van der Waals surface area contributed by atoms with Crippen molar-refractivity contribution in [2.75, 3.05) is 12.3 Å². The Morgan fingerprint density at radius 2 is 2.20 bits per heavy atom. The minimum absolute atomic E-state index is 0.0195.